The standard InChI is InChI=1S/C18H21N3O4S2/c1-3-17(26-15-6-4-5-14(11-15)20-12(2)22)18(23)21-13-7-9-16(10-8-13)27(19,24)25/h4-11,17H,3H2,1-2H3,(H,20,22)(H,21,23)(H2,19,24,25). The Morgan fingerprint density at radius 2 is 1.74 bits per heavy atom. The van der Waals surface area contributed by atoms with Gasteiger partial charge in [-0.3, -0.25) is 9.59 Å². The Morgan fingerprint density at radius 3 is 2.30 bits per heavy atom. The molecule has 0 bridgehead atoms. The molecule has 2 rings (SSSR count). The second-order valence-electron chi connectivity index (χ2n) is 5.78. The third-order valence-corrected chi connectivity index (χ3v) is 5.83. The lowest BCUT2D eigenvalue weighted by Gasteiger charge is -2.15. The van der Waals surface area contributed by atoms with E-state index in [1.54, 1.807) is 6.07 Å². The van der Waals surface area contributed by atoms with Crippen molar-refractivity contribution in [3.8, 4) is 0 Å². The Balaban J connectivity index is 2.06. The molecule has 1 unspecified atom stereocenters. The van der Waals surface area contributed by atoms with Gasteiger partial charge < -0.3 is 10.6 Å². The molecule has 0 fully saturated rings. The van der Waals surface area contributed by atoms with Gasteiger partial charge in [-0.2, -0.15) is 0 Å². The maximum absolute atomic E-state index is 12.5. The molecule has 1 atom stereocenters. The number of sulfonamides is 1. The van der Waals surface area contributed by atoms with E-state index < -0.39 is 10.0 Å². The van der Waals surface area contributed by atoms with Crippen LogP contribution < -0.4 is 15.8 Å². The van der Waals surface area contributed by atoms with Crippen molar-refractivity contribution in [2.45, 2.75) is 35.3 Å². The molecule has 2 aromatic carbocycles. The predicted octanol–water partition coefficient (Wildman–Crippen LogP) is 2.80. The van der Waals surface area contributed by atoms with Gasteiger partial charge in [0.2, 0.25) is 21.8 Å². The van der Waals surface area contributed by atoms with Gasteiger partial charge >= 0.3 is 0 Å². The molecule has 0 aliphatic heterocycles. The number of amides is 2. The summed E-state index contributed by atoms with van der Waals surface area (Å²) in [5, 5.41) is 10.2. The van der Waals surface area contributed by atoms with Crippen LogP contribution in [0.2, 0.25) is 0 Å². The number of carbonyl (C=O) groups excluding carboxylic acids is 2. The molecule has 2 aromatic rings. The summed E-state index contributed by atoms with van der Waals surface area (Å²) < 4.78 is 22.6. The lowest BCUT2D eigenvalue weighted by Crippen LogP contribution is -2.24. The van der Waals surface area contributed by atoms with Crippen LogP contribution in [0.25, 0.3) is 0 Å². The smallest absolute Gasteiger partial charge is 0.238 e. The van der Waals surface area contributed by atoms with Crippen LogP contribution in [0.5, 0.6) is 0 Å². The second-order valence-corrected chi connectivity index (χ2v) is 8.62. The fourth-order valence-corrected chi connectivity index (χ4v) is 3.82. The molecule has 4 N–H and O–H groups in total. The first kappa shape index (κ1) is 20.9. The molecular weight excluding hydrogens is 386 g/mol. The summed E-state index contributed by atoms with van der Waals surface area (Å²) in [7, 11) is -3.77. The molecule has 0 heterocycles. The first-order valence-electron chi connectivity index (χ1n) is 8.17. The van der Waals surface area contributed by atoms with Crippen molar-refractivity contribution in [3.05, 3.63) is 48.5 Å². The molecule has 0 spiro atoms. The summed E-state index contributed by atoms with van der Waals surface area (Å²) in [6, 6.07) is 12.9. The van der Waals surface area contributed by atoms with Gasteiger partial charge in [0.05, 0.1) is 10.1 Å². The fourth-order valence-electron chi connectivity index (χ4n) is 2.29. The number of rotatable bonds is 7. The van der Waals surface area contributed by atoms with E-state index in [0.29, 0.717) is 17.8 Å². The highest BCUT2D eigenvalue weighted by Crippen LogP contribution is 2.28. The largest absolute Gasteiger partial charge is 0.326 e. The van der Waals surface area contributed by atoms with E-state index in [4.69, 9.17) is 5.14 Å². The number of nitrogens with two attached hydrogens (primary N) is 1. The van der Waals surface area contributed by atoms with E-state index in [-0.39, 0.29) is 22.0 Å². The minimum atomic E-state index is -3.77. The zero-order valence-electron chi connectivity index (χ0n) is 14.9. The summed E-state index contributed by atoms with van der Waals surface area (Å²) in [6.07, 6.45) is 0.593. The van der Waals surface area contributed by atoms with Crippen molar-refractivity contribution in [2.75, 3.05) is 10.6 Å². The molecule has 144 valence electrons. The van der Waals surface area contributed by atoms with Gasteiger partial charge in [0.15, 0.2) is 0 Å². The van der Waals surface area contributed by atoms with Crippen molar-refractivity contribution in [1.29, 1.82) is 0 Å². The van der Waals surface area contributed by atoms with Crippen molar-refractivity contribution in [2.24, 2.45) is 5.14 Å². The molecule has 9 heteroatoms. The van der Waals surface area contributed by atoms with Crippen LogP contribution in [0.3, 0.4) is 0 Å². The lowest BCUT2D eigenvalue weighted by molar-refractivity contribution is -0.116. The van der Waals surface area contributed by atoms with Gasteiger partial charge in [-0.25, -0.2) is 13.6 Å². The molecule has 0 saturated carbocycles. The van der Waals surface area contributed by atoms with Gasteiger partial charge in [-0.1, -0.05) is 13.0 Å². The summed E-state index contributed by atoms with van der Waals surface area (Å²) in [5.41, 5.74) is 1.15. The topological polar surface area (TPSA) is 118 Å². The van der Waals surface area contributed by atoms with E-state index in [1.165, 1.54) is 43.0 Å². The molecule has 0 radical (unpaired) electrons. The Labute approximate surface area is 162 Å². The Bertz CT molecular complexity index is 928. The van der Waals surface area contributed by atoms with Gasteiger partial charge in [0.25, 0.3) is 0 Å². The van der Waals surface area contributed by atoms with E-state index in [9.17, 15) is 18.0 Å². The molecule has 7 nitrogen and oxygen atoms in total. The minimum absolute atomic E-state index is 0.0169. The number of hydrogen-bond acceptors (Lipinski definition) is 5. The highest BCUT2D eigenvalue weighted by molar-refractivity contribution is 8.00. The fraction of sp³-hybridized carbons (Fsp3) is 0.222. The first-order chi connectivity index (χ1) is 12.7. The normalized spacial score (nSPS) is 12.3. The first-order valence-corrected chi connectivity index (χ1v) is 10.6. The van der Waals surface area contributed by atoms with Crippen LogP contribution in [-0.2, 0) is 19.6 Å². The Kier molecular flexibility index (Phi) is 7.00. The van der Waals surface area contributed by atoms with Crippen LogP contribution in [-0.4, -0.2) is 25.5 Å². The van der Waals surface area contributed by atoms with E-state index in [1.807, 2.05) is 25.1 Å². The molecule has 0 aliphatic rings. The third-order valence-electron chi connectivity index (χ3n) is 3.55. The van der Waals surface area contributed by atoms with Crippen molar-refractivity contribution < 1.29 is 18.0 Å². The Morgan fingerprint density at radius 1 is 1.07 bits per heavy atom. The van der Waals surface area contributed by atoms with Crippen molar-refractivity contribution in [1.82, 2.24) is 0 Å². The van der Waals surface area contributed by atoms with Crippen molar-refractivity contribution in [3.63, 3.8) is 0 Å². The van der Waals surface area contributed by atoms with Gasteiger partial charge in [-0.15, -0.1) is 11.8 Å². The highest BCUT2D eigenvalue weighted by Gasteiger charge is 2.18. The molecule has 0 aromatic heterocycles. The van der Waals surface area contributed by atoms with Crippen LogP contribution in [0.15, 0.2) is 58.3 Å². The lowest BCUT2D eigenvalue weighted by atomic mass is 10.2. The van der Waals surface area contributed by atoms with E-state index >= 15 is 0 Å². The quantitative estimate of drug-likeness (QED) is 0.610. The second kappa shape index (κ2) is 9.03. The monoisotopic (exact) mass is 407 g/mol. The molecule has 0 saturated heterocycles. The minimum Gasteiger partial charge on any atom is -0.326 e. The predicted molar refractivity (Wildman–Crippen MR) is 107 cm³/mol. The highest BCUT2D eigenvalue weighted by atomic mass is 32.2. The SMILES string of the molecule is CCC(Sc1cccc(NC(C)=O)c1)C(=O)Nc1ccc(S(N)(=O)=O)cc1. The maximum Gasteiger partial charge on any atom is 0.238 e. The summed E-state index contributed by atoms with van der Waals surface area (Å²) >= 11 is 1.39. The van der Waals surface area contributed by atoms with Crippen LogP contribution in [0.1, 0.15) is 20.3 Å². The number of anilines is 2. The van der Waals surface area contributed by atoms with Crippen molar-refractivity contribution >= 4 is 45.0 Å². The molecule has 2 amide bonds. The molecular formula is C18H21N3O4S2. The molecule has 27 heavy (non-hydrogen) atoms. The number of primary sulfonamides is 1. The zero-order chi connectivity index (χ0) is 20.0. The molecule has 0 aliphatic carbocycles. The zero-order valence-corrected chi connectivity index (χ0v) is 16.6. The number of nitrogens with one attached hydrogen (secondary N) is 2. The number of thioether (sulfide) groups is 1. The summed E-state index contributed by atoms with van der Waals surface area (Å²) in [4.78, 5) is 24.6. The number of hydrogen-bond donors (Lipinski definition) is 3. The van der Waals surface area contributed by atoms with Gasteiger partial charge in [-0.05, 0) is 48.9 Å². The van der Waals surface area contributed by atoms with Crippen LogP contribution in [0, 0.1) is 0 Å². The van der Waals surface area contributed by atoms with Gasteiger partial charge in [0.1, 0.15) is 0 Å². The summed E-state index contributed by atoms with van der Waals surface area (Å²) in [5.74, 6) is -0.360. The van der Waals surface area contributed by atoms with Gasteiger partial charge in [0, 0.05) is 23.2 Å². The van der Waals surface area contributed by atoms with E-state index in [2.05, 4.69) is 10.6 Å². The van der Waals surface area contributed by atoms with E-state index in [0.717, 1.165) is 4.90 Å². The number of benzene rings is 2. The Hall–Kier alpha value is -2.36. The van der Waals surface area contributed by atoms with Crippen LogP contribution in [0.4, 0.5) is 11.4 Å². The average Bonchev–Trinajstić information content (AvgIpc) is 2.59. The number of carbonyl (C=O) groups is 2. The maximum atomic E-state index is 12.5. The average molecular weight is 408 g/mol. The third kappa shape index (κ3) is 6.38. The summed E-state index contributed by atoms with van der Waals surface area (Å²) in [6.45, 7) is 3.34. The van der Waals surface area contributed by atoms with Crippen LogP contribution >= 0.6 is 11.8 Å².